The highest BCUT2D eigenvalue weighted by atomic mass is 16.3. The number of carbonyl (C=O) groups excluding carboxylic acids is 1. The molecule has 0 aliphatic rings. The van der Waals surface area contributed by atoms with E-state index in [9.17, 15) is 15.0 Å². The molecule has 38 heavy (non-hydrogen) atoms. The van der Waals surface area contributed by atoms with Crippen molar-refractivity contribution in [1.29, 1.82) is 0 Å². The number of aliphatic hydroxyl groups is 2. The van der Waals surface area contributed by atoms with Crippen molar-refractivity contribution in [1.82, 2.24) is 5.32 Å². The van der Waals surface area contributed by atoms with Crippen molar-refractivity contribution in [3.05, 3.63) is 60.8 Å². The van der Waals surface area contributed by atoms with Gasteiger partial charge in [0.15, 0.2) is 0 Å². The van der Waals surface area contributed by atoms with E-state index in [0.717, 1.165) is 51.4 Å². The molecular weight excluding hydrogens is 470 g/mol. The molecule has 0 heterocycles. The van der Waals surface area contributed by atoms with E-state index >= 15 is 0 Å². The van der Waals surface area contributed by atoms with E-state index in [1.54, 1.807) is 6.08 Å². The number of nitrogens with one attached hydrogen (secondary N) is 1. The van der Waals surface area contributed by atoms with Crippen LogP contribution >= 0.6 is 0 Å². The minimum atomic E-state index is -0.871. The van der Waals surface area contributed by atoms with Crippen molar-refractivity contribution in [2.75, 3.05) is 6.61 Å². The van der Waals surface area contributed by atoms with Gasteiger partial charge in [-0.1, -0.05) is 113 Å². The lowest BCUT2D eigenvalue weighted by Gasteiger charge is -2.19. The Kier molecular flexibility index (Phi) is 28.2. The fourth-order valence-electron chi connectivity index (χ4n) is 4.13. The molecule has 0 saturated heterocycles. The highest BCUT2D eigenvalue weighted by Gasteiger charge is 2.17. The van der Waals surface area contributed by atoms with Crippen LogP contribution in [0.3, 0.4) is 0 Å². The number of aliphatic hydroxyl groups excluding tert-OH is 2. The van der Waals surface area contributed by atoms with E-state index in [4.69, 9.17) is 0 Å². The smallest absolute Gasteiger partial charge is 0.220 e. The minimum absolute atomic E-state index is 0.0943. The lowest BCUT2D eigenvalue weighted by molar-refractivity contribution is -0.123. The summed E-state index contributed by atoms with van der Waals surface area (Å²) in [7, 11) is 0. The van der Waals surface area contributed by atoms with Gasteiger partial charge in [-0.15, -0.1) is 0 Å². The molecule has 0 aliphatic carbocycles. The van der Waals surface area contributed by atoms with Crippen LogP contribution in [-0.4, -0.2) is 34.9 Å². The average molecular weight is 530 g/mol. The Morgan fingerprint density at radius 2 is 1.21 bits per heavy atom. The number of hydrogen-bond acceptors (Lipinski definition) is 3. The predicted octanol–water partition coefficient (Wildman–Crippen LogP) is 8.67. The lowest BCUT2D eigenvalue weighted by atomic mass is 10.1. The van der Waals surface area contributed by atoms with Crippen LogP contribution in [0, 0.1) is 0 Å². The van der Waals surface area contributed by atoms with Gasteiger partial charge in [0.05, 0.1) is 18.8 Å². The Morgan fingerprint density at radius 3 is 1.82 bits per heavy atom. The van der Waals surface area contributed by atoms with Crippen molar-refractivity contribution in [3.63, 3.8) is 0 Å². The summed E-state index contributed by atoms with van der Waals surface area (Å²) in [6.45, 7) is 4.00. The van der Waals surface area contributed by atoms with Crippen molar-refractivity contribution < 1.29 is 15.0 Å². The van der Waals surface area contributed by atoms with Crippen LogP contribution in [-0.2, 0) is 4.79 Å². The van der Waals surface area contributed by atoms with Crippen LogP contribution < -0.4 is 5.32 Å². The number of amides is 1. The predicted molar refractivity (Wildman–Crippen MR) is 165 cm³/mol. The molecule has 218 valence electrons. The van der Waals surface area contributed by atoms with Gasteiger partial charge in [-0.05, 0) is 71.1 Å². The van der Waals surface area contributed by atoms with Crippen molar-refractivity contribution in [2.45, 2.75) is 142 Å². The molecule has 0 saturated carbocycles. The number of rotatable bonds is 26. The van der Waals surface area contributed by atoms with Gasteiger partial charge in [0.25, 0.3) is 0 Å². The molecule has 2 atom stereocenters. The van der Waals surface area contributed by atoms with Crippen molar-refractivity contribution >= 4 is 5.91 Å². The fourth-order valence-corrected chi connectivity index (χ4v) is 4.13. The van der Waals surface area contributed by atoms with E-state index < -0.39 is 12.1 Å². The summed E-state index contributed by atoms with van der Waals surface area (Å²) in [5.41, 5.74) is 0. The van der Waals surface area contributed by atoms with E-state index in [-0.39, 0.29) is 12.5 Å². The molecule has 0 aromatic heterocycles. The molecule has 0 rings (SSSR count). The molecular formula is C34H59NO3. The summed E-state index contributed by atoms with van der Waals surface area (Å²) in [6, 6.07) is -0.647. The topological polar surface area (TPSA) is 69.6 Å². The summed E-state index contributed by atoms with van der Waals surface area (Å²) in [6.07, 6.45) is 40.2. The van der Waals surface area contributed by atoms with E-state index in [2.05, 4.69) is 60.8 Å². The molecule has 0 bridgehead atoms. The maximum absolute atomic E-state index is 12.2. The molecule has 0 aliphatic heterocycles. The maximum Gasteiger partial charge on any atom is 0.220 e. The molecule has 0 aromatic carbocycles. The van der Waals surface area contributed by atoms with Gasteiger partial charge < -0.3 is 15.5 Å². The first-order chi connectivity index (χ1) is 18.7. The Hall–Kier alpha value is -1.91. The van der Waals surface area contributed by atoms with Crippen LogP contribution in [0.2, 0.25) is 0 Å². The summed E-state index contributed by atoms with van der Waals surface area (Å²) in [5.74, 6) is -0.0943. The van der Waals surface area contributed by atoms with Gasteiger partial charge in [-0.3, -0.25) is 4.79 Å². The minimum Gasteiger partial charge on any atom is -0.394 e. The van der Waals surface area contributed by atoms with Gasteiger partial charge in [-0.25, -0.2) is 0 Å². The van der Waals surface area contributed by atoms with Crippen molar-refractivity contribution in [3.8, 4) is 0 Å². The molecule has 4 nitrogen and oxygen atoms in total. The summed E-state index contributed by atoms with van der Waals surface area (Å²) in [5, 5.41) is 22.6. The fraction of sp³-hybridized carbons (Fsp3) is 0.676. The Bertz CT molecular complexity index is 663. The maximum atomic E-state index is 12.2. The second-order valence-corrected chi connectivity index (χ2v) is 10.2. The first kappa shape index (κ1) is 36.1. The molecule has 0 aromatic rings. The second-order valence-electron chi connectivity index (χ2n) is 10.2. The van der Waals surface area contributed by atoms with E-state index in [1.165, 1.54) is 57.8 Å². The SMILES string of the molecule is C/C=C/CC/C=C/CC/C=C/C(O)C(CO)NC(=O)CCCCCCCCC/C=C\C/C=C\CCCCC. The highest BCUT2D eigenvalue weighted by Crippen LogP contribution is 2.11. The summed E-state index contributed by atoms with van der Waals surface area (Å²) < 4.78 is 0. The van der Waals surface area contributed by atoms with Gasteiger partial charge in [0, 0.05) is 6.42 Å². The van der Waals surface area contributed by atoms with Crippen LogP contribution in [0.15, 0.2) is 60.8 Å². The summed E-state index contributed by atoms with van der Waals surface area (Å²) >= 11 is 0. The number of unbranched alkanes of at least 4 members (excludes halogenated alkanes) is 12. The van der Waals surface area contributed by atoms with Crippen LogP contribution in [0.25, 0.3) is 0 Å². The largest absolute Gasteiger partial charge is 0.394 e. The molecule has 1 amide bonds. The van der Waals surface area contributed by atoms with E-state index in [0.29, 0.717) is 6.42 Å². The molecule has 0 radical (unpaired) electrons. The third kappa shape index (κ3) is 25.7. The molecule has 3 N–H and O–H groups in total. The standard InChI is InChI=1S/C34H59NO3/c1-3-5-7-9-11-13-14-15-16-17-18-19-20-22-24-26-28-30-34(38)35-32(31-36)33(37)29-27-25-23-21-12-10-8-6-4-2/h4,6,11-13,15-16,21,27,29,32-33,36-37H,3,5,7-10,14,17-20,22-26,28,30-31H2,1-2H3,(H,35,38)/b6-4+,13-11-,16-15-,21-12+,29-27+. The molecule has 2 unspecified atom stereocenters. The zero-order chi connectivity index (χ0) is 27.9. The number of hydrogen-bond donors (Lipinski definition) is 3. The van der Waals surface area contributed by atoms with Crippen LogP contribution in [0.1, 0.15) is 129 Å². The Labute approximate surface area is 235 Å². The highest BCUT2D eigenvalue weighted by molar-refractivity contribution is 5.76. The van der Waals surface area contributed by atoms with Crippen molar-refractivity contribution in [2.24, 2.45) is 0 Å². The first-order valence-corrected chi connectivity index (χ1v) is 15.5. The van der Waals surface area contributed by atoms with E-state index in [1.807, 2.05) is 13.0 Å². The molecule has 4 heteroatoms. The molecule has 0 spiro atoms. The third-order valence-electron chi connectivity index (χ3n) is 6.55. The first-order valence-electron chi connectivity index (χ1n) is 15.5. The lowest BCUT2D eigenvalue weighted by Crippen LogP contribution is -2.45. The van der Waals surface area contributed by atoms with Gasteiger partial charge >= 0.3 is 0 Å². The number of carbonyl (C=O) groups is 1. The summed E-state index contributed by atoms with van der Waals surface area (Å²) in [4.78, 5) is 12.2. The molecule has 0 fully saturated rings. The zero-order valence-electron chi connectivity index (χ0n) is 24.7. The number of allylic oxidation sites excluding steroid dienone is 9. The second kappa shape index (κ2) is 29.6. The van der Waals surface area contributed by atoms with Crippen LogP contribution in [0.5, 0.6) is 0 Å². The Balaban J connectivity index is 3.72. The average Bonchev–Trinajstić information content (AvgIpc) is 2.92. The van der Waals surface area contributed by atoms with Crippen LogP contribution in [0.4, 0.5) is 0 Å². The van der Waals surface area contributed by atoms with Gasteiger partial charge in [-0.2, -0.15) is 0 Å². The quantitative estimate of drug-likeness (QED) is 0.0775. The van der Waals surface area contributed by atoms with Gasteiger partial charge in [0.2, 0.25) is 5.91 Å². The monoisotopic (exact) mass is 529 g/mol. The van der Waals surface area contributed by atoms with Gasteiger partial charge in [0.1, 0.15) is 0 Å². The zero-order valence-corrected chi connectivity index (χ0v) is 24.7. The normalized spacial score (nSPS) is 14.1. The third-order valence-corrected chi connectivity index (χ3v) is 6.55. The Morgan fingerprint density at radius 1 is 0.684 bits per heavy atom.